The van der Waals surface area contributed by atoms with E-state index in [1.165, 1.54) is 64.5 Å². The van der Waals surface area contributed by atoms with E-state index >= 15 is 0 Å². The Labute approximate surface area is 125 Å². The summed E-state index contributed by atoms with van der Waals surface area (Å²) in [6.07, 6.45) is 10.5. The molecule has 2 fully saturated rings. The molecule has 0 radical (unpaired) electrons. The predicted molar refractivity (Wildman–Crippen MR) is 84.9 cm³/mol. The maximum absolute atomic E-state index is 9.68. The third-order valence-corrected chi connectivity index (χ3v) is 5.72. The lowest BCUT2D eigenvalue weighted by Crippen LogP contribution is -2.48. The number of nitrogens with one attached hydrogen (secondary N) is 1. The van der Waals surface area contributed by atoms with Crippen molar-refractivity contribution in [3.8, 4) is 0 Å². The Kier molecular flexibility index (Phi) is 6.79. The first-order valence-electron chi connectivity index (χ1n) is 8.80. The summed E-state index contributed by atoms with van der Waals surface area (Å²) in [6.45, 7) is 5.06. The topological polar surface area (TPSA) is 35.5 Å². The van der Waals surface area contributed by atoms with Gasteiger partial charge in [0.05, 0.1) is 6.61 Å². The van der Waals surface area contributed by atoms with E-state index in [1.807, 2.05) is 0 Å². The molecule has 4 atom stereocenters. The van der Waals surface area contributed by atoms with Gasteiger partial charge in [-0.3, -0.25) is 4.90 Å². The van der Waals surface area contributed by atoms with Crippen molar-refractivity contribution < 1.29 is 5.11 Å². The Morgan fingerprint density at radius 3 is 2.70 bits per heavy atom. The summed E-state index contributed by atoms with van der Waals surface area (Å²) in [5, 5.41) is 13.2. The van der Waals surface area contributed by atoms with Gasteiger partial charge in [-0.2, -0.15) is 0 Å². The molecule has 20 heavy (non-hydrogen) atoms. The van der Waals surface area contributed by atoms with Crippen molar-refractivity contribution in [1.82, 2.24) is 10.2 Å². The van der Waals surface area contributed by atoms with Crippen molar-refractivity contribution in [2.24, 2.45) is 11.8 Å². The minimum absolute atomic E-state index is 0.341. The molecule has 1 saturated heterocycles. The summed E-state index contributed by atoms with van der Waals surface area (Å²) in [5.74, 6) is 1.69. The number of likely N-dealkylation sites (tertiary alicyclic amines) is 1. The molecular formula is C17H34N2O. The Hall–Kier alpha value is -0.120. The minimum Gasteiger partial charge on any atom is -0.395 e. The van der Waals surface area contributed by atoms with Crippen molar-refractivity contribution >= 4 is 0 Å². The average Bonchev–Trinajstić information content (AvgIpc) is 2.72. The first kappa shape index (κ1) is 16.3. The molecular weight excluding hydrogens is 248 g/mol. The van der Waals surface area contributed by atoms with E-state index in [9.17, 15) is 5.11 Å². The summed E-state index contributed by atoms with van der Waals surface area (Å²) in [6, 6.07) is 1.09. The van der Waals surface area contributed by atoms with Gasteiger partial charge in [-0.15, -0.1) is 0 Å². The van der Waals surface area contributed by atoms with Crippen molar-refractivity contribution in [3.63, 3.8) is 0 Å². The fourth-order valence-electron chi connectivity index (χ4n) is 4.30. The Morgan fingerprint density at radius 1 is 1.15 bits per heavy atom. The fourth-order valence-corrected chi connectivity index (χ4v) is 4.30. The standard InChI is InChI=1S/C17H34N2O/c1-3-14-8-9-17(18-2)15(11-14)12-19-10-6-4-5-7-16(19)13-20/h14-18,20H,3-13H2,1-2H3. The number of rotatable bonds is 5. The Morgan fingerprint density at radius 2 is 2.00 bits per heavy atom. The van der Waals surface area contributed by atoms with Gasteiger partial charge >= 0.3 is 0 Å². The average molecular weight is 282 g/mol. The molecule has 0 aromatic rings. The van der Waals surface area contributed by atoms with Crippen LogP contribution in [0.25, 0.3) is 0 Å². The monoisotopic (exact) mass is 282 g/mol. The quantitative estimate of drug-likeness (QED) is 0.814. The normalized spacial score (nSPS) is 36.8. The predicted octanol–water partition coefficient (Wildman–Crippen LogP) is 2.64. The van der Waals surface area contributed by atoms with Gasteiger partial charge in [-0.05, 0) is 57.5 Å². The molecule has 0 bridgehead atoms. The molecule has 0 aromatic carbocycles. The first-order valence-corrected chi connectivity index (χ1v) is 8.80. The van der Waals surface area contributed by atoms with Crippen LogP contribution in [0, 0.1) is 11.8 Å². The van der Waals surface area contributed by atoms with Crippen molar-refractivity contribution in [3.05, 3.63) is 0 Å². The molecule has 3 nitrogen and oxygen atoms in total. The van der Waals surface area contributed by atoms with E-state index < -0.39 is 0 Å². The van der Waals surface area contributed by atoms with Crippen LogP contribution in [0.3, 0.4) is 0 Å². The molecule has 118 valence electrons. The molecule has 1 heterocycles. The smallest absolute Gasteiger partial charge is 0.0586 e. The molecule has 1 aliphatic heterocycles. The minimum atomic E-state index is 0.341. The largest absolute Gasteiger partial charge is 0.395 e. The Bertz CT molecular complexity index is 272. The zero-order valence-electron chi connectivity index (χ0n) is 13.5. The third kappa shape index (κ3) is 4.19. The van der Waals surface area contributed by atoms with Crippen LogP contribution in [0.1, 0.15) is 58.3 Å². The van der Waals surface area contributed by atoms with E-state index in [-0.39, 0.29) is 0 Å². The lowest BCUT2D eigenvalue weighted by Gasteiger charge is -2.40. The second kappa shape index (κ2) is 8.35. The van der Waals surface area contributed by atoms with Gasteiger partial charge in [0.2, 0.25) is 0 Å². The molecule has 1 saturated carbocycles. The summed E-state index contributed by atoms with van der Waals surface area (Å²) < 4.78 is 0. The van der Waals surface area contributed by atoms with E-state index in [2.05, 4.69) is 24.2 Å². The van der Waals surface area contributed by atoms with E-state index in [4.69, 9.17) is 0 Å². The highest BCUT2D eigenvalue weighted by Gasteiger charge is 2.32. The molecule has 1 aliphatic carbocycles. The van der Waals surface area contributed by atoms with Crippen LogP contribution >= 0.6 is 0 Å². The highest BCUT2D eigenvalue weighted by Crippen LogP contribution is 2.32. The third-order valence-electron chi connectivity index (χ3n) is 5.72. The highest BCUT2D eigenvalue weighted by atomic mass is 16.3. The molecule has 3 heteroatoms. The lowest BCUT2D eigenvalue weighted by atomic mass is 9.76. The van der Waals surface area contributed by atoms with Gasteiger partial charge in [-0.1, -0.05) is 26.2 Å². The lowest BCUT2D eigenvalue weighted by molar-refractivity contribution is 0.0806. The Balaban J connectivity index is 1.96. The van der Waals surface area contributed by atoms with Crippen molar-refractivity contribution in [1.29, 1.82) is 0 Å². The summed E-state index contributed by atoms with van der Waals surface area (Å²) in [4.78, 5) is 2.60. The summed E-state index contributed by atoms with van der Waals surface area (Å²) in [7, 11) is 2.12. The van der Waals surface area contributed by atoms with Gasteiger partial charge in [0.15, 0.2) is 0 Å². The van der Waals surface area contributed by atoms with Crippen LogP contribution in [-0.4, -0.2) is 48.8 Å². The first-order chi connectivity index (χ1) is 9.78. The zero-order chi connectivity index (χ0) is 14.4. The zero-order valence-corrected chi connectivity index (χ0v) is 13.5. The van der Waals surface area contributed by atoms with Gasteiger partial charge in [0, 0.05) is 18.6 Å². The maximum atomic E-state index is 9.68. The van der Waals surface area contributed by atoms with Gasteiger partial charge in [0.25, 0.3) is 0 Å². The van der Waals surface area contributed by atoms with Crippen LogP contribution in [0.4, 0.5) is 0 Å². The number of nitrogens with zero attached hydrogens (tertiary/aromatic N) is 1. The molecule has 0 aromatic heterocycles. The highest BCUT2D eigenvalue weighted by molar-refractivity contribution is 4.87. The number of hydrogen-bond donors (Lipinski definition) is 2. The maximum Gasteiger partial charge on any atom is 0.0586 e. The summed E-state index contributed by atoms with van der Waals surface area (Å²) >= 11 is 0. The van der Waals surface area contributed by atoms with Crippen molar-refractivity contribution in [2.75, 3.05) is 26.7 Å². The van der Waals surface area contributed by atoms with E-state index in [0.29, 0.717) is 18.7 Å². The number of aliphatic hydroxyl groups is 1. The van der Waals surface area contributed by atoms with Gasteiger partial charge < -0.3 is 10.4 Å². The number of hydrogen-bond acceptors (Lipinski definition) is 3. The molecule has 2 aliphatic rings. The van der Waals surface area contributed by atoms with Crippen LogP contribution in [0.2, 0.25) is 0 Å². The molecule has 2 rings (SSSR count). The molecule has 0 amide bonds. The number of aliphatic hydroxyl groups excluding tert-OH is 1. The van der Waals surface area contributed by atoms with Gasteiger partial charge in [-0.25, -0.2) is 0 Å². The molecule has 0 spiro atoms. The second-order valence-corrected chi connectivity index (χ2v) is 6.92. The van der Waals surface area contributed by atoms with E-state index in [1.54, 1.807) is 0 Å². The van der Waals surface area contributed by atoms with Gasteiger partial charge in [0.1, 0.15) is 0 Å². The fraction of sp³-hybridized carbons (Fsp3) is 1.00. The van der Waals surface area contributed by atoms with E-state index in [0.717, 1.165) is 11.8 Å². The molecule has 2 N–H and O–H groups in total. The summed E-state index contributed by atoms with van der Waals surface area (Å²) in [5.41, 5.74) is 0. The second-order valence-electron chi connectivity index (χ2n) is 6.92. The SMILES string of the molecule is CCC1CCC(NC)C(CN2CCCCCC2CO)C1. The molecule has 4 unspecified atom stereocenters. The van der Waals surface area contributed by atoms with Crippen molar-refractivity contribution in [2.45, 2.75) is 70.4 Å². The van der Waals surface area contributed by atoms with Crippen LogP contribution in [0.15, 0.2) is 0 Å². The van der Waals surface area contributed by atoms with Crippen LogP contribution in [-0.2, 0) is 0 Å². The van der Waals surface area contributed by atoms with Crippen LogP contribution in [0.5, 0.6) is 0 Å². The van der Waals surface area contributed by atoms with Crippen LogP contribution < -0.4 is 5.32 Å².